The first-order chi connectivity index (χ1) is 14.3. The van der Waals surface area contributed by atoms with Crippen molar-refractivity contribution in [1.82, 2.24) is 25.6 Å². The van der Waals surface area contributed by atoms with E-state index in [0.717, 1.165) is 29.6 Å². The average Bonchev–Trinajstić information content (AvgIpc) is 3.53. The fourth-order valence-corrected chi connectivity index (χ4v) is 5.44. The van der Waals surface area contributed by atoms with Gasteiger partial charge >= 0.3 is 0 Å². The summed E-state index contributed by atoms with van der Waals surface area (Å²) in [6.45, 7) is 3.90. The largest absolute Gasteiger partial charge is 0.361 e. The van der Waals surface area contributed by atoms with E-state index < -0.39 is 0 Å². The number of rotatable bonds is 6. The zero-order valence-corrected chi connectivity index (χ0v) is 17.6. The Morgan fingerprint density at radius 3 is 2.83 bits per heavy atom. The van der Waals surface area contributed by atoms with Crippen LogP contribution in [0.4, 0.5) is 5.13 Å². The Balaban J connectivity index is 1.26. The lowest BCUT2D eigenvalue weighted by molar-refractivity contribution is 0.468. The molecule has 1 aliphatic carbocycles. The van der Waals surface area contributed by atoms with E-state index in [9.17, 15) is 0 Å². The third kappa shape index (κ3) is 3.95. The number of hydrogen-bond donors (Lipinski definition) is 3. The molecule has 3 heterocycles. The van der Waals surface area contributed by atoms with E-state index in [1.807, 2.05) is 0 Å². The predicted octanol–water partition coefficient (Wildman–Crippen LogP) is 4.31. The molecule has 6 nitrogen and oxygen atoms in total. The van der Waals surface area contributed by atoms with E-state index in [2.05, 4.69) is 70.4 Å². The Hall–Kier alpha value is -2.22. The predicted molar refractivity (Wildman–Crippen MR) is 118 cm³/mol. The van der Waals surface area contributed by atoms with Gasteiger partial charge in [-0.05, 0) is 31.4 Å². The van der Waals surface area contributed by atoms with E-state index in [1.54, 1.807) is 11.3 Å². The zero-order chi connectivity index (χ0) is 19.6. The molecule has 2 aliphatic rings. The van der Waals surface area contributed by atoms with Gasteiger partial charge < -0.3 is 5.32 Å². The van der Waals surface area contributed by atoms with Gasteiger partial charge in [-0.25, -0.2) is 10.4 Å². The van der Waals surface area contributed by atoms with Gasteiger partial charge in [0.1, 0.15) is 5.69 Å². The summed E-state index contributed by atoms with van der Waals surface area (Å²) in [5.41, 5.74) is 10.1. The summed E-state index contributed by atoms with van der Waals surface area (Å²) in [6, 6.07) is 13.7. The van der Waals surface area contributed by atoms with Gasteiger partial charge in [0.05, 0.1) is 22.7 Å². The highest BCUT2D eigenvalue weighted by molar-refractivity contribution is 7.19. The lowest BCUT2D eigenvalue weighted by Gasteiger charge is -2.18. The second-order valence-corrected chi connectivity index (χ2v) is 9.11. The Morgan fingerprint density at radius 1 is 1.17 bits per heavy atom. The average molecular weight is 409 g/mol. The topological polar surface area (TPSA) is 66.8 Å². The summed E-state index contributed by atoms with van der Waals surface area (Å²) in [4.78, 5) is 5.94. The van der Waals surface area contributed by atoms with Crippen LogP contribution in [-0.2, 0) is 0 Å². The third-order valence-electron chi connectivity index (χ3n) is 6.10. The van der Waals surface area contributed by atoms with Crippen LogP contribution in [0.3, 0.4) is 0 Å². The molecule has 1 saturated carbocycles. The van der Waals surface area contributed by atoms with Crippen molar-refractivity contribution in [3.63, 3.8) is 0 Å². The van der Waals surface area contributed by atoms with E-state index >= 15 is 0 Å². The minimum atomic E-state index is 0.311. The minimum Gasteiger partial charge on any atom is -0.361 e. The first-order valence-corrected chi connectivity index (χ1v) is 11.4. The molecule has 152 valence electrons. The Bertz CT molecular complexity index is 943. The van der Waals surface area contributed by atoms with Crippen molar-refractivity contribution in [1.29, 1.82) is 0 Å². The molecule has 1 saturated heterocycles. The van der Waals surface area contributed by atoms with Crippen LogP contribution in [0.1, 0.15) is 49.0 Å². The molecule has 2 unspecified atom stereocenters. The molecule has 29 heavy (non-hydrogen) atoms. The summed E-state index contributed by atoms with van der Waals surface area (Å²) < 4.78 is 2.16. The lowest BCUT2D eigenvalue weighted by atomic mass is 9.95. The number of benzene rings is 1. The van der Waals surface area contributed by atoms with Crippen LogP contribution in [0.5, 0.6) is 0 Å². The molecular formula is C22H28N6S. The van der Waals surface area contributed by atoms with Crippen molar-refractivity contribution < 1.29 is 0 Å². The van der Waals surface area contributed by atoms with Crippen molar-refractivity contribution in [2.45, 2.75) is 44.7 Å². The second kappa shape index (κ2) is 8.26. The molecular weight excluding hydrogens is 380 g/mol. The Labute approximate surface area is 175 Å². The zero-order valence-electron chi connectivity index (χ0n) is 16.8. The summed E-state index contributed by atoms with van der Waals surface area (Å²) in [6.07, 6.45) is 7.28. The van der Waals surface area contributed by atoms with Crippen LogP contribution in [0.25, 0.3) is 10.6 Å². The van der Waals surface area contributed by atoms with E-state index in [1.165, 1.54) is 36.1 Å². The van der Waals surface area contributed by atoms with Gasteiger partial charge in [0, 0.05) is 25.2 Å². The second-order valence-electron chi connectivity index (χ2n) is 8.11. The van der Waals surface area contributed by atoms with Gasteiger partial charge in [0.25, 0.3) is 0 Å². The standard InChI is InChI=1S/C22H28N6S/c1-15-21(19-11-12-28(27-19)18-9-5-6-10-18)29-22(25-15)23-13-17-14-24-26-20(17)16-7-3-2-4-8-16/h2-4,7-8,11-12,17-18,20,24,26H,5-6,9-10,13-14H2,1H3,(H,23,25). The summed E-state index contributed by atoms with van der Waals surface area (Å²) >= 11 is 1.71. The molecule has 0 spiro atoms. The summed E-state index contributed by atoms with van der Waals surface area (Å²) in [5.74, 6) is 0.464. The smallest absolute Gasteiger partial charge is 0.183 e. The SMILES string of the molecule is Cc1nc(NCC2CNNC2c2ccccc2)sc1-c1ccn(C2CCCC2)n1. The van der Waals surface area contributed by atoms with Crippen LogP contribution >= 0.6 is 11.3 Å². The number of hydrogen-bond acceptors (Lipinski definition) is 6. The fourth-order valence-electron chi connectivity index (χ4n) is 4.50. The molecule has 1 aliphatic heterocycles. The Kier molecular flexibility index (Phi) is 5.35. The highest BCUT2D eigenvalue weighted by atomic mass is 32.1. The first-order valence-electron chi connectivity index (χ1n) is 10.6. The van der Waals surface area contributed by atoms with Gasteiger partial charge in [-0.1, -0.05) is 54.5 Å². The highest BCUT2D eigenvalue weighted by Crippen LogP contribution is 2.34. The minimum absolute atomic E-state index is 0.311. The van der Waals surface area contributed by atoms with E-state index in [4.69, 9.17) is 10.1 Å². The normalized spacial score (nSPS) is 22.4. The quantitative estimate of drug-likeness (QED) is 0.567. The van der Waals surface area contributed by atoms with Crippen molar-refractivity contribution in [2.75, 3.05) is 18.4 Å². The molecule has 0 amide bonds. The fraction of sp³-hybridized carbons (Fsp3) is 0.455. The number of anilines is 1. The highest BCUT2D eigenvalue weighted by Gasteiger charge is 2.28. The molecule has 5 rings (SSSR count). The molecule has 3 aromatic rings. The summed E-state index contributed by atoms with van der Waals surface area (Å²) in [7, 11) is 0. The van der Waals surface area contributed by atoms with Crippen LogP contribution in [0, 0.1) is 12.8 Å². The first kappa shape index (κ1) is 18.8. The molecule has 7 heteroatoms. The number of nitrogens with zero attached hydrogens (tertiary/aromatic N) is 3. The number of hydrazine groups is 1. The molecule has 1 aromatic carbocycles. The van der Waals surface area contributed by atoms with Crippen LogP contribution in [-0.4, -0.2) is 27.9 Å². The van der Waals surface area contributed by atoms with Gasteiger partial charge in [0.2, 0.25) is 0 Å². The third-order valence-corrected chi connectivity index (χ3v) is 7.24. The molecule has 2 aromatic heterocycles. The van der Waals surface area contributed by atoms with Crippen molar-refractivity contribution in [3.8, 4) is 10.6 Å². The Morgan fingerprint density at radius 2 is 2.00 bits per heavy atom. The van der Waals surface area contributed by atoms with Crippen molar-refractivity contribution in [3.05, 3.63) is 53.9 Å². The number of aromatic nitrogens is 3. The monoisotopic (exact) mass is 408 g/mol. The van der Waals surface area contributed by atoms with Crippen LogP contribution < -0.4 is 16.2 Å². The molecule has 2 fully saturated rings. The van der Waals surface area contributed by atoms with Crippen molar-refractivity contribution >= 4 is 16.5 Å². The van der Waals surface area contributed by atoms with Gasteiger partial charge in [-0.15, -0.1) is 0 Å². The van der Waals surface area contributed by atoms with Gasteiger partial charge in [-0.3, -0.25) is 10.1 Å². The van der Waals surface area contributed by atoms with Crippen LogP contribution in [0.15, 0.2) is 42.6 Å². The number of aryl methyl sites for hydroxylation is 1. The maximum Gasteiger partial charge on any atom is 0.183 e. The molecule has 0 radical (unpaired) electrons. The summed E-state index contributed by atoms with van der Waals surface area (Å²) in [5, 5.41) is 9.42. The van der Waals surface area contributed by atoms with Crippen LogP contribution in [0.2, 0.25) is 0 Å². The molecule has 0 bridgehead atoms. The number of thiazole rings is 1. The van der Waals surface area contributed by atoms with Crippen molar-refractivity contribution in [2.24, 2.45) is 5.92 Å². The van der Waals surface area contributed by atoms with E-state index in [-0.39, 0.29) is 0 Å². The number of nitrogens with one attached hydrogen (secondary N) is 3. The van der Waals surface area contributed by atoms with E-state index in [0.29, 0.717) is 18.0 Å². The molecule has 3 N–H and O–H groups in total. The lowest BCUT2D eigenvalue weighted by Crippen LogP contribution is -2.25. The molecule has 2 atom stereocenters. The maximum atomic E-state index is 4.87. The van der Waals surface area contributed by atoms with Gasteiger partial charge in [0.15, 0.2) is 5.13 Å². The maximum absolute atomic E-state index is 4.87. The van der Waals surface area contributed by atoms with Gasteiger partial charge in [-0.2, -0.15) is 5.10 Å².